The van der Waals surface area contributed by atoms with Crippen LogP contribution in [0.4, 0.5) is 0 Å². The van der Waals surface area contributed by atoms with Crippen LogP contribution < -0.4 is 5.73 Å². The van der Waals surface area contributed by atoms with Crippen LogP contribution in [0.5, 0.6) is 0 Å². The third kappa shape index (κ3) is 1.81. The zero-order valence-corrected chi connectivity index (χ0v) is 8.55. The molecule has 0 bridgehead atoms. The van der Waals surface area contributed by atoms with Gasteiger partial charge in [-0.1, -0.05) is 0 Å². The van der Waals surface area contributed by atoms with Gasteiger partial charge < -0.3 is 15.5 Å². The normalized spacial score (nSPS) is 18.7. The Labute approximate surface area is 83.9 Å². The van der Waals surface area contributed by atoms with Crippen molar-refractivity contribution in [2.24, 2.45) is 5.73 Å². The summed E-state index contributed by atoms with van der Waals surface area (Å²) in [5.41, 5.74) is 7.90. The summed E-state index contributed by atoms with van der Waals surface area (Å²) in [7, 11) is 0. The van der Waals surface area contributed by atoms with Crippen LogP contribution in [0, 0.1) is 6.92 Å². The number of hydrogen-bond donors (Lipinski definition) is 2. The fourth-order valence-electron chi connectivity index (χ4n) is 2.00. The second-order valence-corrected chi connectivity index (χ2v) is 3.78. The van der Waals surface area contributed by atoms with Gasteiger partial charge in [-0.05, 0) is 19.8 Å². The first-order chi connectivity index (χ1) is 6.81. The lowest BCUT2D eigenvalue weighted by molar-refractivity contribution is 0.0844. The summed E-state index contributed by atoms with van der Waals surface area (Å²) in [5.74, 6) is 1.45. The lowest BCUT2D eigenvalue weighted by Crippen LogP contribution is -2.15. The molecule has 0 radical (unpaired) electrons. The predicted molar refractivity (Wildman–Crippen MR) is 54.0 cm³/mol. The zero-order chi connectivity index (χ0) is 9.97. The van der Waals surface area contributed by atoms with Crippen LogP contribution >= 0.6 is 0 Å². The quantitative estimate of drug-likeness (QED) is 0.742. The topological polar surface area (TPSA) is 63.9 Å². The minimum Gasteiger partial charge on any atom is -0.381 e. The van der Waals surface area contributed by atoms with Crippen molar-refractivity contribution in [2.75, 3.05) is 13.2 Å². The molecule has 0 atom stereocenters. The maximum Gasteiger partial charge on any atom is 0.120 e. The molecular formula is C10H17N3O. The van der Waals surface area contributed by atoms with Crippen LogP contribution in [0.15, 0.2) is 0 Å². The number of rotatable bonds is 2. The summed E-state index contributed by atoms with van der Waals surface area (Å²) in [4.78, 5) is 7.73. The van der Waals surface area contributed by atoms with E-state index in [1.165, 1.54) is 5.69 Å². The van der Waals surface area contributed by atoms with E-state index in [0.717, 1.165) is 37.6 Å². The summed E-state index contributed by atoms with van der Waals surface area (Å²) in [5, 5.41) is 0. The van der Waals surface area contributed by atoms with Gasteiger partial charge >= 0.3 is 0 Å². The molecule has 0 aliphatic carbocycles. The molecule has 1 fully saturated rings. The highest BCUT2D eigenvalue weighted by Gasteiger charge is 2.20. The predicted octanol–water partition coefficient (Wildman–Crippen LogP) is 1.07. The van der Waals surface area contributed by atoms with Gasteiger partial charge in [0.2, 0.25) is 0 Å². The van der Waals surface area contributed by atoms with E-state index in [4.69, 9.17) is 10.5 Å². The Morgan fingerprint density at radius 2 is 2.21 bits per heavy atom. The van der Waals surface area contributed by atoms with Crippen LogP contribution in [0.3, 0.4) is 0 Å². The van der Waals surface area contributed by atoms with E-state index < -0.39 is 0 Å². The fraction of sp³-hybridized carbons (Fsp3) is 0.700. The molecule has 0 amide bonds. The lowest BCUT2D eigenvalue weighted by atomic mass is 9.95. The molecule has 4 nitrogen and oxygen atoms in total. The molecule has 4 heteroatoms. The second kappa shape index (κ2) is 4.11. The summed E-state index contributed by atoms with van der Waals surface area (Å²) < 4.78 is 5.33. The largest absolute Gasteiger partial charge is 0.381 e. The first kappa shape index (κ1) is 9.68. The van der Waals surface area contributed by atoms with Crippen LogP contribution in [0.2, 0.25) is 0 Å². The van der Waals surface area contributed by atoms with Crippen LogP contribution in [-0.4, -0.2) is 23.2 Å². The first-order valence-corrected chi connectivity index (χ1v) is 5.14. The van der Waals surface area contributed by atoms with Gasteiger partial charge in [-0.3, -0.25) is 0 Å². The molecule has 78 valence electrons. The van der Waals surface area contributed by atoms with Crippen LogP contribution in [0.1, 0.15) is 36.0 Å². The summed E-state index contributed by atoms with van der Waals surface area (Å²) in [6, 6.07) is 0. The van der Waals surface area contributed by atoms with Gasteiger partial charge in [0.25, 0.3) is 0 Å². The molecule has 0 spiro atoms. The van der Waals surface area contributed by atoms with Crippen molar-refractivity contribution in [1.29, 1.82) is 0 Å². The van der Waals surface area contributed by atoms with E-state index in [9.17, 15) is 0 Å². The zero-order valence-electron chi connectivity index (χ0n) is 8.55. The van der Waals surface area contributed by atoms with Crippen LogP contribution in [-0.2, 0) is 11.3 Å². The average molecular weight is 195 g/mol. The number of hydrogen-bond acceptors (Lipinski definition) is 3. The van der Waals surface area contributed by atoms with Crippen molar-refractivity contribution in [3.8, 4) is 0 Å². The molecule has 1 aliphatic rings. The van der Waals surface area contributed by atoms with Gasteiger partial charge in [0.05, 0.1) is 12.2 Å². The molecule has 1 saturated heterocycles. The van der Waals surface area contributed by atoms with Crippen molar-refractivity contribution >= 4 is 0 Å². The molecule has 0 saturated carbocycles. The number of ether oxygens (including phenoxy) is 1. The second-order valence-electron chi connectivity index (χ2n) is 3.78. The number of imidazole rings is 1. The monoisotopic (exact) mass is 195 g/mol. The Morgan fingerprint density at radius 1 is 1.50 bits per heavy atom. The Bertz CT molecular complexity index is 302. The molecule has 1 aliphatic heterocycles. The first-order valence-electron chi connectivity index (χ1n) is 5.14. The maximum absolute atomic E-state index is 5.54. The van der Waals surface area contributed by atoms with E-state index in [0.29, 0.717) is 12.5 Å². The average Bonchev–Trinajstić information content (AvgIpc) is 2.61. The number of nitrogens with one attached hydrogen (secondary N) is 1. The Balaban J connectivity index is 2.17. The number of H-pyrrole nitrogens is 1. The van der Waals surface area contributed by atoms with E-state index in [1.807, 2.05) is 0 Å². The van der Waals surface area contributed by atoms with Crippen molar-refractivity contribution in [1.82, 2.24) is 9.97 Å². The minimum absolute atomic E-state index is 0.490. The van der Waals surface area contributed by atoms with E-state index in [-0.39, 0.29) is 0 Å². The number of aryl methyl sites for hydroxylation is 1. The summed E-state index contributed by atoms with van der Waals surface area (Å²) in [6.07, 6.45) is 2.16. The Morgan fingerprint density at radius 3 is 2.79 bits per heavy atom. The molecule has 2 rings (SSSR count). The van der Waals surface area contributed by atoms with Crippen molar-refractivity contribution in [2.45, 2.75) is 32.2 Å². The molecule has 14 heavy (non-hydrogen) atoms. The number of nitrogens with two attached hydrogens (primary N) is 1. The number of nitrogens with zero attached hydrogens (tertiary/aromatic N) is 1. The SMILES string of the molecule is Cc1[nH]c(CN)nc1C1CCOCC1. The van der Waals surface area contributed by atoms with Crippen molar-refractivity contribution in [3.05, 3.63) is 17.2 Å². The Kier molecular flexibility index (Phi) is 2.84. The number of aromatic amines is 1. The van der Waals surface area contributed by atoms with E-state index in [2.05, 4.69) is 16.9 Å². The molecule has 0 unspecified atom stereocenters. The van der Waals surface area contributed by atoms with Gasteiger partial charge in [0.15, 0.2) is 0 Å². The third-order valence-corrected chi connectivity index (χ3v) is 2.77. The maximum atomic E-state index is 5.54. The molecule has 1 aromatic rings. The van der Waals surface area contributed by atoms with Crippen LogP contribution in [0.25, 0.3) is 0 Å². The smallest absolute Gasteiger partial charge is 0.120 e. The van der Waals surface area contributed by atoms with Gasteiger partial charge in [0.1, 0.15) is 5.82 Å². The fourth-order valence-corrected chi connectivity index (χ4v) is 2.00. The third-order valence-electron chi connectivity index (χ3n) is 2.77. The standard InChI is InChI=1S/C10H17N3O/c1-7-10(13-9(6-11)12-7)8-2-4-14-5-3-8/h8H,2-6,11H2,1H3,(H,12,13). The Hall–Kier alpha value is -0.870. The van der Waals surface area contributed by atoms with Gasteiger partial charge in [0, 0.05) is 24.8 Å². The number of aromatic nitrogens is 2. The van der Waals surface area contributed by atoms with E-state index >= 15 is 0 Å². The minimum atomic E-state index is 0.490. The summed E-state index contributed by atoms with van der Waals surface area (Å²) in [6.45, 7) is 4.27. The lowest BCUT2D eigenvalue weighted by Gasteiger charge is -2.20. The van der Waals surface area contributed by atoms with Crippen molar-refractivity contribution in [3.63, 3.8) is 0 Å². The molecule has 0 aromatic carbocycles. The van der Waals surface area contributed by atoms with Gasteiger partial charge in [-0.2, -0.15) is 0 Å². The van der Waals surface area contributed by atoms with E-state index in [1.54, 1.807) is 0 Å². The van der Waals surface area contributed by atoms with Gasteiger partial charge in [-0.25, -0.2) is 4.98 Å². The molecule has 1 aromatic heterocycles. The molecular weight excluding hydrogens is 178 g/mol. The molecule has 3 N–H and O–H groups in total. The highest BCUT2D eigenvalue weighted by Crippen LogP contribution is 2.27. The van der Waals surface area contributed by atoms with Gasteiger partial charge in [-0.15, -0.1) is 0 Å². The highest BCUT2D eigenvalue weighted by atomic mass is 16.5. The van der Waals surface area contributed by atoms with Crippen molar-refractivity contribution < 1.29 is 4.74 Å². The highest BCUT2D eigenvalue weighted by molar-refractivity contribution is 5.18. The summed E-state index contributed by atoms with van der Waals surface area (Å²) >= 11 is 0. The molecule has 2 heterocycles.